The molecule has 3 rings (SSSR count). The van der Waals surface area contributed by atoms with Gasteiger partial charge in [0.15, 0.2) is 8.32 Å². The zero-order valence-electron chi connectivity index (χ0n) is 24.8. The van der Waals surface area contributed by atoms with Crippen molar-refractivity contribution in [1.82, 2.24) is 9.88 Å². The first-order chi connectivity index (χ1) is 18.3. The smallest absolute Gasteiger partial charge is 0.354 e. The van der Waals surface area contributed by atoms with Crippen molar-refractivity contribution < 1.29 is 24.2 Å². The van der Waals surface area contributed by atoms with Gasteiger partial charge in [0.1, 0.15) is 11.4 Å². The van der Waals surface area contributed by atoms with Crippen LogP contribution in [-0.4, -0.2) is 48.3 Å². The van der Waals surface area contributed by atoms with Gasteiger partial charge in [0.25, 0.3) is 0 Å². The summed E-state index contributed by atoms with van der Waals surface area (Å²) in [5.41, 5.74) is 4.23. The van der Waals surface area contributed by atoms with E-state index in [1.165, 1.54) is 5.56 Å². The van der Waals surface area contributed by atoms with Gasteiger partial charge < -0.3 is 29.3 Å². The quantitative estimate of drug-likeness (QED) is 0.179. The molecule has 0 aliphatic heterocycles. The summed E-state index contributed by atoms with van der Waals surface area (Å²) in [5.74, 6) is -0.203. The molecule has 1 heterocycles. The topological polar surface area (TPSA) is 93.0 Å². The SMILES string of the molecule is CCOC(=O)c1cc2cc(CC(C)NCC(O[Si](C)(C)C(C)(C)C)c3ccc(O)c(CO)c3)ccc2n1CC. The van der Waals surface area contributed by atoms with Crippen molar-refractivity contribution in [2.75, 3.05) is 13.2 Å². The first kappa shape index (κ1) is 30.9. The summed E-state index contributed by atoms with van der Waals surface area (Å²) in [6.45, 7) is 18.6. The third-order valence-corrected chi connectivity index (χ3v) is 12.3. The fraction of sp³-hybridized carbons (Fsp3) is 0.516. The maximum atomic E-state index is 12.5. The van der Waals surface area contributed by atoms with E-state index in [4.69, 9.17) is 9.16 Å². The minimum atomic E-state index is -2.10. The molecule has 2 unspecified atom stereocenters. The van der Waals surface area contributed by atoms with Gasteiger partial charge in [-0.1, -0.05) is 32.9 Å². The van der Waals surface area contributed by atoms with Crippen molar-refractivity contribution in [3.05, 3.63) is 64.8 Å². The maximum absolute atomic E-state index is 12.5. The first-order valence-electron chi connectivity index (χ1n) is 13.9. The van der Waals surface area contributed by atoms with Crippen LogP contribution in [0.25, 0.3) is 10.9 Å². The van der Waals surface area contributed by atoms with Gasteiger partial charge in [0.05, 0.1) is 19.3 Å². The lowest BCUT2D eigenvalue weighted by Crippen LogP contribution is -2.44. The van der Waals surface area contributed by atoms with E-state index in [1.54, 1.807) is 6.07 Å². The molecule has 0 bridgehead atoms. The number of aliphatic hydroxyl groups is 1. The van der Waals surface area contributed by atoms with E-state index < -0.39 is 8.32 Å². The lowest BCUT2D eigenvalue weighted by molar-refractivity contribution is 0.0514. The Hall–Kier alpha value is -2.65. The normalized spacial score (nSPS) is 14.0. The number of nitrogens with one attached hydrogen (secondary N) is 1. The van der Waals surface area contributed by atoms with E-state index in [2.05, 4.69) is 64.3 Å². The molecule has 2 atom stereocenters. The molecule has 8 heteroatoms. The van der Waals surface area contributed by atoms with Crippen molar-refractivity contribution >= 4 is 25.2 Å². The number of hydrogen-bond donors (Lipinski definition) is 3. The Labute approximate surface area is 234 Å². The summed E-state index contributed by atoms with van der Waals surface area (Å²) in [6, 6.07) is 13.8. The second kappa shape index (κ2) is 12.7. The van der Waals surface area contributed by atoms with E-state index in [9.17, 15) is 15.0 Å². The highest BCUT2D eigenvalue weighted by molar-refractivity contribution is 6.74. The zero-order chi connectivity index (χ0) is 29.0. The summed E-state index contributed by atoms with van der Waals surface area (Å²) < 4.78 is 14.1. The number of esters is 1. The predicted octanol–water partition coefficient (Wildman–Crippen LogP) is 6.32. The number of hydrogen-bond acceptors (Lipinski definition) is 6. The molecule has 1 aromatic heterocycles. The number of ether oxygens (including phenoxy) is 1. The standard InChI is InChI=1S/C31H46N2O5Si/c1-9-33-26-13-11-22(16-24(26)18-27(33)30(36)37-10-2)15-21(3)32-19-29(38-39(7,8)31(4,5)6)23-12-14-28(35)25(17-23)20-34/h11-14,16-18,21,29,32,34-35H,9-10,15,19-20H2,1-8H3. The third kappa shape index (κ3) is 7.31. The molecule has 214 valence electrons. The average Bonchev–Trinajstić information content (AvgIpc) is 3.24. The van der Waals surface area contributed by atoms with Gasteiger partial charge in [-0.3, -0.25) is 0 Å². The van der Waals surface area contributed by atoms with Gasteiger partial charge in [-0.15, -0.1) is 0 Å². The van der Waals surface area contributed by atoms with Crippen molar-refractivity contribution in [1.29, 1.82) is 0 Å². The van der Waals surface area contributed by atoms with Crippen LogP contribution in [0.2, 0.25) is 18.1 Å². The number of aryl methyl sites for hydroxylation is 1. The highest BCUT2D eigenvalue weighted by atomic mass is 28.4. The lowest BCUT2D eigenvalue weighted by atomic mass is 10.0. The Bertz CT molecular complexity index is 1280. The number of nitrogens with zero attached hydrogens (tertiary/aromatic N) is 1. The Balaban J connectivity index is 1.79. The Kier molecular flexibility index (Phi) is 10.0. The Morgan fingerprint density at radius 3 is 2.44 bits per heavy atom. The van der Waals surface area contributed by atoms with E-state index in [1.807, 2.05) is 36.6 Å². The van der Waals surface area contributed by atoms with Crippen LogP contribution in [0.5, 0.6) is 5.75 Å². The van der Waals surface area contributed by atoms with Crippen LogP contribution in [0.15, 0.2) is 42.5 Å². The Morgan fingerprint density at radius 1 is 1.10 bits per heavy atom. The van der Waals surface area contributed by atoms with E-state index in [0.29, 0.717) is 31.0 Å². The number of aliphatic hydroxyl groups excluding tert-OH is 1. The van der Waals surface area contributed by atoms with Gasteiger partial charge in [0.2, 0.25) is 0 Å². The highest BCUT2D eigenvalue weighted by Crippen LogP contribution is 2.40. The number of aromatic nitrogens is 1. The van der Waals surface area contributed by atoms with Gasteiger partial charge in [-0.25, -0.2) is 4.79 Å². The predicted molar refractivity (Wildman–Crippen MR) is 160 cm³/mol. The van der Waals surface area contributed by atoms with Crippen molar-refractivity contribution in [2.24, 2.45) is 0 Å². The number of rotatable bonds is 12. The van der Waals surface area contributed by atoms with Crippen molar-refractivity contribution in [3.63, 3.8) is 0 Å². The van der Waals surface area contributed by atoms with Gasteiger partial charge in [0, 0.05) is 35.6 Å². The second-order valence-corrected chi connectivity index (χ2v) is 16.6. The summed E-state index contributed by atoms with van der Waals surface area (Å²) in [7, 11) is -2.10. The molecular weight excluding hydrogens is 508 g/mol. The number of phenols is 1. The van der Waals surface area contributed by atoms with Crippen LogP contribution in [-0.2, 0) is 28.7 Å². The minimum Gasteiger partial charge on any atom is -0.508 e. The molecule has 7 nitrogen and oxygen atoms in total. The summed E-state index contributed by atoms with van der Waals surface area (Å²) in [6.07, 6.45) is 0.596. The maximum Gasteiger partial charge on any atom is 0.354 e. The molecule has 0 spiro atoms. The zero-order valence-corrected chi connectivity index (χ0v) is 25.8. The lowest BCUT2D eigenvalue weighted by Gasteiger charge is -2.40. The molecule has 0 aliphatic rings. The highest BCUT2D eigenvalue weighted by Gasteiger charge is 2.39. The van der Waals surface area contributed by atoms with Gasteiger partial charge in [-0.05, 0) is 86.8 Å². The van der Waals surface area contributed by atoms with Crippen LogP contribution in [0.1, 0.15) is 74.8 Å². The molecule has 0 aliphatic carbocycles. The number of fused-ring (bicyclic) bond motifs is 1. The molecule has 0 amide bonds. The number of benzene rings is 2. The summed E-state index contributed by atoms with van der Waals surface area (Å²) in [5, 5.41) is 24.5. The van der Waals surface area contributed by atoms with Crippen molar-refractivity contribution in [3.8, 4) is 5.75 Å². The molecule has 0 radical (unpaired) electrons. The van der Waals surface area contributed by atoms with Crippen LogP contribution in [0.3, 0.4) is 0 Å². The molecule has 39 heavy (non-hydrogen) atoms. The van der Waals surface area contributed by atoms with Crippen LogP contribution < -0.4 is 5.32 Å². The van der Waals surface area contributed by atoms with Crippen LogP contribution in [0, 0.1) is 0 Å². The van der Waals surface area contributed by atoms with E-state index in [0.717, 1.165) is 22.9 Å². The molecule has 0 fully saturated rings. The molecular formula is C31H46N2O5Si. The minimum absolute atomic E-state index is 0.0420. The molecule has 0 saturated carbocycles. The molecule has 0 saturated heterocycles. The van der Waals surface area contributed by atoms with Gasteiger partial charge in [-0.2, -0.15) is 0 Å². The largest absolute Gasteiger partial charge is 0.508 e. The van der Waals surface area contributed by atoms with Crippen LogP contribution in [0.4, 0.5) is 0 Å². The molecule has 3 aromatic rings. The second-order valence-electron chi connectivity index (χ2n) is 11.8. The van der Waals surface area contributed by atoms with E-state index >= 15 is 0 Å². The van der Waals surface area contributed by atoms with Gasteiger partial charge >= 0.3 is 5.97 Å². The number of carbonyl (C=O) groups is 1. The summed E-state index contributed by atoms with van der Waals surface area (Å²) in [4.78, 5) is 12.5. The number of aromatic hydroxyl groups is 1. The average molecular weight is 555 g/mol. The fourth-order valence-electron chi connectivity index (χ4n) is 4.59. The molecule has 3 N–H and O–H groups in total. The van der Waals surface area contributed by atoms with E-state index in [-0.39, 0.29) is 35.5 Å². The third-order valence-electron chi connectivity index (χ3n) is 7.85. The monoisotopic (exact) mass is 554 g/mol. The van der Waals surface area contributed by atoms with Crippen molar-refractivity contribution in [2.45, 2.75) is 91.4 Å². The van der Waals surface area contributed by atoms with Crippen LogP contribution >= 0.6 is 0 Å². The number of carbonyl (C=O) groups excluding carboxylic acids is 1. The molecule has 2 aromatic carbocycles. The first-order valence-corrected chi connectivity index (χ1v) is 16.8. The fourth-order valence-corrected chi connectivity index (χ4v) is 5.87. The Morgan fingerprint density at radius 2 is 1.82 bits per heavy atom. The summed E-state index contributed by atoms with van der Waals surface area (Å²) >= 11 is 0.